The van der Waals surface area contributed by atoms with Gasteiger partial charge in [0.15, 0.2) is 9.84 Å². The molecule has 1 aliphatic heterocycles. The molecule has 1 aromatic carbocycles. The van der Waals surface area contributed by atoms with Gasteiger partial charge in [-0.25, -0.2) is 13.2 Å². The third-order valence-electron chi connectivity index (χ3n) is 3.37. The van der Waals surface area contributed by atoms with Crippen molar-refractivity contribution in [1.29, 1.82) is 0 Å². The van der Waals surface area contributed by atoms with E-state index >= 15 is 0 Å². The third kappa shape index (κ3) is 4.45. The summed E-state index contributed by atoms with van der Waals surface area (Å²) in [6, 6.07) is 5.93. The second-order valence-electron chi connectivity index (χ2n) is 5.07. The molecule has 2 rings (SSSR count). The Morgan fingerprint density at radius 2 is 1.95 bits per heavy atom. The summed E-state index contributed by atoms with van der Waals surface area (Å²) in [5.74, 6) is -1.27. The minimum absolute atomic E-state index is 0.0670. The number of carbonyl (C=O) groups excluding carboxylic acids is 1. The highest BCUT2D eigenvalue weighted by Crippen LogP contribution is 2.18. The Morgan fingerprint density at radius 1 is 1.27 bits per heavy atom. The first kappa shape index (κ1) is 16.3. The van der Waals surface area contributed by atoms with E-state index in [9.17, 15) is 18.0 Å². The number of aromatic carboxylic acids is 1. The van der Waals surface area contributed by atoms with Gasteiger partial charge in [0, 0.05) is 0 Å². The molecule has 1 fully saturated rings. The van der Waals surface area contributed by atoms with Crippen LogP contribution in [0, 0.1) is 5.92 Å². The number of carbonyl (C=O) groups is 2. The molecule has 1 heterocycles. The van der Waals surface area contributed by atoms with E-state index in [0.717, 1.165) is 0 Å². The minimum Gasteiger partial charge on any atom is -0.492 e. The number of sulfone groups is 1. The van der Waals surface area contributed by atoms with Gasteiger partial charge < -0.3 is 15.2 Å². The first-order valence-corrected chi connectivity index (χ1v) is 8.64. The smallest absolute Gasteiger partial charge is 0.335 e. The average molecular weight is 327 g/mol. The van der Waals surface area contributed by atoms with Crippen molar-refractivity contribution in [2.45, 2.75) is 6.42 Å². The van der Waals surface area contributed by atoms with Crippen LogP contribution in [0.4, 0.5) is 0 Å². The van der Waals surface area contributed by atoms with Crippen LogP contribution in [0.5, 0.6) is 5.75 Å². The topological polar surface area (TPSA) is 110 Å². The van der Waals surface area contributed by atoms with E-state index in [-0.39, 0.29) is 36.1 Å². The molecule has 2 N–H and O–H groups in total. The largest absolute Gasteiger partial charge is 0.492 e. The molecular weight excluding hydrogens is 310 g/mol. The van der Waals surface area contributed by atoms with Crippen LogP contribution in [0.1, 0.15) is 16.8 Å². The quantitative estimate of drug-likeness (QED) is 0.728. The second kappa shape index (κ2) is 6.78. The summed E-state index contributed by atoms with van der Waals surface area (Å²) in [5, 5.41) is 11.4. The molecule has 1 amide bonds. The molecule has 8 heteroatoms. The van der Waals surface area contributed by atoms with E-state index < -0.39 is 21.7 Å². The van der Waals surface area contributed by atoms with Crippen LogP contribution in [-0.4, -0.2) is 50.1 Å². The lowest BCUT2D eigenvalue weighted by molar-refractivity contribution is -0.124. The zero-order valence-corrected chi connectivity index (χ0v) is 12.6. The molecule has 22 heavy (non-hydrogen) atoms. The van der Waals surface area contributed by atoms with Gasteiger partial charge in [-0.05, 0) is 30.7 Å². The van der Waals surface area contributed by atoms with Gasteiger partial charge >= 0.3 is 5.97 Å². The number of carboxylic acid groups (broad SMARTS) is 1. The van der Waals surface area contributed by atoms with Gasteiger partial charge in [-0.2, -0.15) is 0 Å². The van der Waals surface area contributed by atoms with Gasteiger partial charge in [0.05, 0.1) is 29.5 Å². The monoisotopic (exact) mass is 327 g/mol. The van der Waals surface area contributed by atoms with Crippen LogP contribution in [-0.2, 0) is 14.6 Å². The Kier molecular flexibility index (Phi) is 5.02. The maximum absolute atomic E-state index is 11.8. The highest BCUT2D eigenvalue weighted by atomic mass is 32.2. The fraction of sp³-hybridized carbons (Fsp3) is 0.429. The SMILES string of the molecule is O=C(O)c1ccc(OCCNC(=O)C2CCS(=O)(=O)C2)cc1. The lowest BCUT2D eigenvalue weighted by Crippen LogP contribution is -2.34. The Balaban J connectivity index is 1.71. The van der Waals surface area contributed by atoms with Gasteiger partial charge in [-0.3, -0.25) is 4.79 Å². The molecule has 1 aliphatic rings. The number of benzene rings is 1. The molecule has 0 aliphatic carbocycles. The summed E-state index contributed by atoms with van der Waals surface area (Å²) in [4.78, 5) is 22.5. The molecular formula is C14H17NO6S. The lowest BCUT2D eigenvalue weighted by Gasteiger charge is -2.10. The van der Waals surface area contributed by atoms with Crippen molar-refractivity contribution in [1.82, 2.24) is 5.32 Å². The first-order chi connectivity index (χ1) is 10.4. The summed E-state index contributed by atoms with van der Waals surface area (Å²) in [7, 11) is -3.07. The Morgan fingerprint density at radius 3 is 2.50 bits per heavy atom. The van der Waals surface area contributed by atoms with E-state index in [1.54, 1.807) is 0 Å². The number of carboxylic acids is 1. The number of hydrogen-bond acceptors (Lipinski definition) is 5. The predicted octanol–water partition coefficient (Wildman–Crippen LogP) is 0.315. The number of amides is 1. The van der Waals surface area contributed by atoms with Crippen LogP contribution < -0.4 is 10.1 Å². The zero-order valence-electron chi connectivity index (χ0n) is 11.8. The Labute approximate surface area is 128 Å². The Bertz CT molecular complexity index is 652. The molecule has 7 nitrogen and oxygen atoms in total. The maximum Gasteiger partial charge on any atom is 0.335 e. The van der Waals surface area contributed by atoms with Crippen LogP contribution in [0.25, 0.3) is 0 Å². The summed E-state index contributed by atoms with van der Waals surface area (Å²) in [6.45, 7) is 0.480. The van der Waals surface area contributed by atoms with Crippen molar-refractivity contribution >= 4 is 21.7 Å². The number of rotatable bonds is 6. The maximum atomic E-state index is 11.8. The van der Waals surface area contributed by atoms with E-state index in [0.29, 0.717) is 12.2 Å². The molecule has 120 valence electrons. The van der Waals surface area contributed by atoms with Crippen LogP contribution in [0.15, 0.2) is 24.3 Å². The summed E-state index contributed by atoms with van der Waals surface area (Å²) < 4.78 is 27.9. The number of hydrogen-bond donors (Lipinski definition) is 2. The van der Waals surface area contributed by atoms with Crippen molar-refractivity contribution < 1.29 is 27.9 Å². The minimum atomic E-state index is -3.07. The van der Waals surface area contributed by atoms with E-state index in [1.807, 2.05) is 0 Å². The molecule has 1 unspecified atom stereocenters. The molecule has 0 bridgehead atoms. The van der Waals surface area contributed by atoms with Crippen LogP contribution >= 0.6 is 0 Å². The van der Waals surface area contributed by atoms with Crippen molar-refractivity contribution in [2.75, 3.05) is 24.7 Å². The normalized spacial score (nSPS) is 19.5. The van der Waals surface area contributed by atoms with E-state index in [2.05, 4.69) is 5.32 Å². The zero-order chi connectivity index (χ0) is 16.2. The van der Waals surface area contributed by atoms with Crippen molar-refractivity contribution in [2.24, 2.45) is 5.92 Å². The summed E-state index contributed by atoms with van der Waals surface area (Å²) >= 11 is 0. The van der Waals surface area contributed by atoms with Gasteiger partial charge in [0.1, 0.15) is 12.4 Å². The number of ether oxygens (including phenoxy) is 1. The third-order valence-corrected chi connectivity index (χ3v) is 5.14. The summed E-state index contributed by atoms with van der Waals surface area (Å²) in [5.41, 5.74) is 0.170. The highest BCUT2D eigenvalue weighted by molar-refractivity contribution is 7.91. The van der Waals surface area contributed by atoms with E-state index in [1.165, 1.54) is 24.3 Å². The second-order valence-corrected chi connectivity index (χ2v) is 7.30. The highest BCUT2D eigenvalue weighted by Gasteiger charge is 2.32. The van der Waals surface area contributed by atoms with Crippen molar-refractivity contribution in [3.05, 3.63) is 29.8 Å². The van der Waals surface area contributed by atoms with Crippen LogP contribution in [0.3, 0.4) is 0 Å². The average Bonchev–Trinajstić information content (AvgIpc) is 2.84. The fourth-order valence-electron chi connectivity index (χ4n) is 2.18. The fourth-order valence-corrected chi connectivity index (χ4v) is 3.92. The molecule has 0 aromatic heterocycles. The van der Waals surface area contributed by atoms with E-state index in [4.69, 9.17) is 9.84 Å². The predicted molar refractivity (Wildman–Crippen MR) is 78.7 cm³/mol. The molecule has 1 saturated heterocycles. The van der Waals surface area contributed by atoms with Gasteiger partial charge in [0.2, 0.25) is 5.91 Å². The van der Waals surface area contributed by atoms with Gasteiger partial charge in [-0.1, -0.05) is 0 Å². The van der Waals surface area contributed by atoms with Crippen molar-refractivity contribution in [3.8, 4) is 5.75 Å². The lowest BCUT2D eigenvalue weighted by atomic mass is 10.1. The Hall–Kier alpha value is -2.09. The van der Waals surface area contributed by atoms with Gasteiger partial charge in [-0.15, -0.1) is 0 Å². The molecule has 1 aromatic rings. The van der Waals surface area contributed by atoms with Gasteiger partial charge in [0.25, 0.3) is 0 Å². The molecule has 0 radical (unpaired) electrons. The van der Waals surface area contributed by atoms with Crippen molar-refractivity contribution in [3.63, 3.8) is 0 Å². The first-order valence-electron chi connectivity index (χ1n) is 6.82. The number of nitrogens with one attached hydrogen (secondary N) is 1. The molecule has 0 saturated carbocycles. The summed E-state index contributed by atoms with van der Waals surface area (Å²) in [6.07, 6.45) is 0.367. The van der Waals surface area contributed by atoms with Crippen LogP contribution in [0.2, 0.25) is 0 Å². The molecule has 0 spiro atoms. The molecule has 1 atom stereocenters. The standard InChI is InChI=1S/C14H17NO6S/c16-13(11-5-8-22(19,20)9-11)15-6-7-21-12-3-1-10(2-4-12)14(17)18/h1-4,11H,5-9H2,(H,15,16)(H,17,18).